The van der Waals surface area contributed by atoms with Crippen LogP contribution in [0.2, 0.25) is 0 Å². The van der Waals surface area contributed by atoms with Gasteiger partial charge in [0, 0.05) is 30.4 Å². The van der Waals surface area contributed by atoms with Crippen molar-refractivity contribution < 1.29 is 0 Å². The van der Waals surface area contributed by atoms with E-state index in [1.54, 1.807) is 0 Å². The van der Waals surface area contributed by atoms with Crippen LogP contribution in [0.3, 0.4) is 0 Å². The SMILES string of the molecule is Cc1csc(=O)n1CCN1CCC[C@@H]1c1nnc2ccccn12. The minimum atomic E-state index is 0.131. The molecule has 0 saturated carbocycles. The van der Waals surface area contributed by atoms with Crippen molar-refractivity contribution >= 4 is 17.0 Å². The Balaban J connectivity index is 1.56. The average molecular weight is 329 g/mol. The van der Waals surface area contributed by atoms with Gasteiger partial charge in [0.15, 0.2) is 11.5 Å². The molecule has 0 radical (unpaired) electrons. The molecule has 0 amide bonds. The molecule has 120 valence electrons. The maximum Gasteiger partial charge on any atom is 0.307 e. The van der Waals surface area contributed by atoms with Gasteiger partial charge in [0.05, 0.1) is 6.04 Å². The van der Waals surface area contributed by atoms with Crippen LogP contribution in [0.25, 0.3) is 5.65 Å². The Kier molecular flexibility index (Phi) is 3.74. The zero-order valence-corrected chi connectivity index (χ0v) is 13.9. The van der Waals surface area contributed by atoms with E-state index >= 15 is 0 Å². The van der Waals surface area contributed by atoms with E-state index in [9.17, 15) is 4.79 Å². The van der Waals surface area contributed by atoms with E-state index in [4.69, 9.17) is 0 Å². The monoisotopic (exact) mass is 329 g/mol. The molecule has 1 fully saturated rings. The van der Waals surface area contributed by atoms with Crippen LogP contribution in [0.15, 0.2) is 34.6 Å². The topological polar surface area (TPSA) is 55.4 Å². The zero-order valence-electron chi connectivity index (χ0n) is 13.1. The summed E-state index contributed by atoms with van der Waals surface area (Å²) >= 11 is 1.28. The highest BCUT2D eigenvalue weighted by Gasteiger charge is 2.29. The van der Waals surface area contributed by atoms with E-state index in [1.165, 1.54) is 11.3 Å². The number of fused-ring (bicyclic) bond motifs is 1. The number of nitrogens with zero attached hydrogens (tertiary/aromatic N) is 5. The Hall–Kier alpha value is -1.99. The van der Waals surface area contributed by atoms with Gasteiger partial charge in [-0.3, -0.25) is 14.1 Å². The molecule has 1 aliphatic heterocycles. The van der Waals surface area contributed by atoms with Crippen molar-refractivity contribution in [3.05, 3.63) is 51.0 Å². The van der Waals surface area contributed by atoms with Crippen LogP contribution in [-0.2, 0) is 6.54 Å². The maximum atomic E-state index is 11.9. The second-order valence-electron chi connectivity index (χ2n) is 5.98. The van der Waals surface area contributed by atoms with Crippen molar-refractivity contribution in [1.82, 2.24) is 24.1 Å². The van der Waals surface area contributed by atoms with Gasteiger partial charge >= 0.3 is 4.87 Å². The molecule has 0 aliphatic carbocycles. The molecule has 4 rings (SSSR count). The molecular formula is C16H19N5OS. The zero-order chi connectivity index (χ0) is 15.8. The fourth-order valence-electron chi connectivity index (χ4n) is 3.38. The Bertz CT molecular complexity index is 880. The first-order chi connectivity index (χ1) is 11.2. The average Bonchev–Trinajstić information content (AvgIpc) is 3.25. The number of pyridine rings is 1. The molecule has 7 heteroatoms. The van der Waals surface area contributed by atoms with E-state index in [-0.39, 0.29) is 10.9 Å². The number of aromatic nitrogens is 4. The third-order valence-corrected chi connectivity index (χ3v) is 5.47. The number of hydrogen-bond donors (Lipinski definition) is 0. The Morgan fingerprint density at radius 3 is 3.04 bits per heavy atom. The number of thiazole rings is 1. The summed E-state index contributed by atoms with van der Waals surface area (Å²) in [6, 6.07) is 6.24. The summed E-state index contributed by atoms with van der Waals surface area (Å²) < 4.78 is 3.94. The second kappa shape index (κ2) is 5.90. The molecular weight excluding hydrogens is 310 g/mol. The quantitative estimate of drug-likeness (QED) is 0.735. The van der Waals surface area contributed by atoms with E-state index in [1.807, 2.05) is 41.3 Å². The third-order valence-electron chi connectivity index (χ3n) is 4.59. The van der Waals surface area contributed by atoms with Gasteiger partial charge in [-0.1, -0.05) is 17.4 Å². The Morgan fingerprint density at radius 2 is 2.22 bits per heavy atom. The van der Waals surface area contributed by atoms with Gasteiger partial charge < -0.3 is 4.57 Å². The smallest absolute Gasteiger partial charge is 0.302 e. The summed E-state index contributed by atoms with van der Waals surface area (Å²) in [6.07, 6.45) is 4.27. The summed E-state index contributed by atoms with van der Waals surface area (Å²) in [6.45, 7) is 4.64. The third kappa shape index (κ3) is 2.60. The lowest BCUT2D eigenvalue weighted by Crippen LogP contribution is -2.30. The standard InChI is InChI=1S/C16H19N5OS/c1-12-11-23-16(22)20(12)10-9-19-7-4-5-13(19)15-18-17-14-6-2-3-8-21(14)15/h2-3,6,8,11,13H,4-5,7,9-10H2,1H3/t13-/m1/s1. The summed E-state index contributed by atoms with van der Waals surface area (Å²) in [5, 5.41) is 10.6. The number of hydrogen-bond acceptors (Lipinski definition) is 5. The van der Waals surface area contributed by atoms with Gasteiger partial charge in [-0.25, -0.2) is 0 Å². The fourth-order valence-corrected chi connectivity index (χ4v) is 4.14. The second-order valence-corrected chi connectivity index (χ2v) is 6.80. The Morgan fingerprint density at radius 1 is 1.30 bits per heavy atom. The molecule has 23 heavy (non-hydrogen) atoms. The molecule has 0 unspecified atom stereocenters. The van der Waals surface area contributed by atoms with Gasteiger partial charge in [0.1, 0.15) is 0 Å². The van der Waals surface area contributed by atoms with Crippen molar-refractivity contribution in [3.63, 3.8) is 0 Å². The molecule has 0 spiro atoms. The van der Waals surface area contributed by atoms with Crippen LogP contribution in [0.5, 0.6) is 0 Å². The maximum absolute atomic E-state index is 11.9. The normalized spacial score (nSPS) is 18.9. The van der Waals surface area contributed by atoms with Crippen molar-refractivity contribution in [2.24, 2.45) is 0 Å². The van der Waals surface area contributed by atoms with Crippen LogP contribution in [0.4, 0.5) is 0 Å². The first-order valence-electron chi connectivity index (χ1n) is 7.92. The predicted octanol–water partition coefficient (Wildman–Crippen LogP) is 2.10. The lowest BCUT2D eigenvalue weighted by atomic mass is 10.2. The van der Waals surface area contributed by atoms with Gasteiger partial charge in [-0.05, 0) is 38.4 Å². The molecule has 0 N–H and O–H groups in total. The van der Waals surface area contributed by atoms with Crippen LogP contribution >= 0.6 is 11.3 Å². The van der Waals surface area contributed by atoms with E-state index in [0.717, 1.165) is 49.6 Å². The molecule has 1 aliphatic rings. The first kappa shape index (κ1) is 14.6. The van der Waals surface area contributed by atoms with Gasteiger partial charge in [-0.15, -0.1) is 10.2 Å². The largest absolute Gasteiger partial charge is 0.307 e. The summed E-state index contributed by atoms with van der Waals surface area (Å²) in [5.41, 5.74) is 1.93. The minimum Gasteiger partial charge on any atom is -0.302 e. The van der Waals surface area contributed by atoms with E-state index in [0.29, 0.717) is 0 Å². The van der Waals surface area contributed by atoms with Crippen LogP contribution < -0.4 is 4.87 Å². The van der Waals surface area contributed by atoms with Crippen molar-refractivity contribution in [3.8, 4) is 0 Å². The predicted molar refractivity (Wildman–Crippen MR) is 89.9 cm³/mol. The van der Waals surface area contributed by atoms with Gasteiger partial charge in [0.2, 0.25) is 0 Å². The van der Waals surface area contributed by atoms with Crippen LogP contribution in [0.1, 0.15) is 30.4 Å². The Labute approximate surface area is 138 Å². The highest BCUT2D eigenvalue weighted by atomic mass is 32.1. The summed E-state index contributed by atoms with van der Waals surface area (Å²) in [4.78, 5) is 14.4. The molecule has 1 saturated heterocycles. The molecule has 3 aromatic heterocycles. The molecule has 1 atom stereocenters. The van der Waals surface area contributed by atoms with E-state index < -0.39 is 0 Å². The fraction of sp³-hybridized carbons (Fsp3) is 0.438. The minimum absolute atomic E-state index is 0.131. The van der Waals surface area contributed by atoms with Crippen molar-refractivity contribution in [2.75, 3.05) is 13.1 Å². The number of likely N-dealkylation sites (tertiary alicyclic amines) is 1. The van der Waals surface area contributed by atoms with Gasteiger partial charge in [-0.2, -0.15) is 0 Å². The summed E-state index contributed by atoms with van der Waals surface area (Å²) in [5.74, 6) is 1.01. The highest BCUT2D eigenvalue weighted by molar-refractivity contribution is 7.07. The molecule has 0 bridgehead atoms. The summed E-state index contributed by atoms with van der Waals surface area (Å²) in [7, 11) is 0. The molecule has 6 nitrogen and oxygen atoms in total. The molecule has 3 aromatic rings. The van der Waals surface area contributed by atoms with E-state index in [2.05, 4.69) is 19.5 Å². The van der Waals surface area contributed by atoms with Gasteiger partial charge in [0.25, 0.3) is 0 Å². The first-order valence-corrected chi connectivity index (χ1v) is 8.80. The lowest BCUT2D eigenvalue weighted by Gasteiger charge is -2.23. The number of aryl methyl sites for hydroxylation is 1. The van der Waals surface area contributed by atoms with Crippen molar-refractivity contribution in [1.29, 1.82) is 0 Å². The highest BCUT2D eigenvalue weighted by Crippen LogP contribution is 2.30. The molecule has 4 heterocycles. The number of rotatable bonds is 4. The van der Waals surface area contributed by atoms with Crippen molar-refractivity contribution in [2.45, 2.75) is 32.4 Å². The molecule has 0 aromatic carbocycles. The van der Waals surface area contributed by atoms with Crippen LogP contribution in [0, 0.1) is 6.92 Å². The lowest BCUT2D eigenvalue weighted by molar-refractivity contribution is 0.236. The van der Waals surface area contributed by atoms with Crippen LogP contribution in [-0.4, -0.2) is 37.2 Å².